The summed E-state index contributed by atoms with van der Waals surface area (Å²) in [5.74, 6) is -0.294. The number of benzene rings is 2. The van der Waals surface area contributed by atoms with E-state index in [9.17, 15) is 14.4 Å². The van der Waals surface area contributed by atoms with Gasteiger partial charge in [-0.25, -0.2) is 0 Å². The lowest BCUT2D eigenvalue weighted by Gasteiger charge is -2.32. The van der Waals surface area contributed by atoms with Crippen LogP contribution in [0.2, 0.25) is 0 Å². The van der Waals surface area contributed by atoms with Gasteiger partial charge in [-0.15, -0.1) is 0 Å². The van der Waals surface area contributed by atoms with Crippen LogP contribution in [0.15, 0.2) is 60.7 Å². The Balaban J connectivity index is 1.43. The Morgan fingerprint density at radius 1 is 0.966 bits per heavy atom. The van der Waals surface area contributed by atoms with E-state index < -0.39 is 0 Å². The fourth-order valence-corrected chi connectivity index (χ4v) is 3.50. The number of nitrogens with one attached hydrogen (secondary N) is 1. The van der Waals surface area contributed by atoms with Gasteiger partial charge in [-0.2, -0.15) is 0 Å². The quantitative estimate of drug-likeness (QED) is 0.819. The van der Waals surface area contributed by atoms with Crippen molar-refractivity contribution in [2.45, 2.75) is 19.4 Å². The number of rotatable bonds is 6. The van der Waals surface area contributed by atoms with Gasteiger partial charge in [0.1, 0.15) is 0 Å². The van der Waals surface area contributed by atoms with Gasteiger partial charge in [-0.05, 0) is 30.5 Å². The Labute approximate surface area is 171 Å². The maximum atomic E-state index is 12.6. The summed E-state index contributed by atoms with van der Waals surface area (Å²) in [4.78, 5) is 40.5. The minimum Gasteiger partial charge on any atom is -0.352 e. The molecule has 0 bridgehead atoms. The van der Waals surface area contributed by atoms with Crippen molar-refractivity contribution in [1.82, 2.24) is 15.1 Å². The van der Waals surface area contributed by atoms with Crippen LogP contribution in [0, 0.1) is 5.92 Å². The van der Waals surface area contributed by atoms with Crippen LogP contribution in [0.3, 0.4) is 0 Å². The van der Waals surface area contributed by atoms with Crippen molar-refractivity contribution in [1.29, 1.82) is 0 Å². The van der Waals surface area contributed by atoms with Crippen molar-refractivity contribution < 1.29 is 14.4 Å². The number of nitrogens with zero attached hydrogens (tertiary/aromatic N) is 2. The Hall–Kier alpha value is -3.15. The number of carbonyl (C=O) groups excluding carboxylic acids is 3. The van der Waals surface area contributed by atoms with Gasteiger partial charge in [0.2, 0.25) is 11.8 Å². The van der Waals surface area contributed by atoms with Crippen molar-refractivity contribution in [3.8, 4) is 0 Å². The molecule has 0 radical (unpaired) electrons. The maximum absolute atomic E-state index is 12.6. The van der Waals surface area contributed by atoms with Crippen LogP contribution in [0.1, 0.15) is 28.8 Å². The zero-order valence-corrected chi connectivity index (χ0v) is 16.7. The smallest absolute Gasteiger partial charge is 0.254 e. The lowest BCUT2D eigenvalue weighted by Crippen LogP contribution is -2.46. The van der Waals surface area contributed by atoms with Crippen LogP contribution < -0.4 is 5.32 Å². The Bertz CT molecular complexity index is 831. The molecule has 6 heteroatoms. The maximum Gasteiger partial charge on any atom is 0.254 e. The summed E-state index contributed by atoms with van der Waals surface area (Å²) in [6.07, 6.45) is 1.28. The van der Waals surface area contributed by atoms with Crippen molar-refractivity contribution in [2.24, 2.45) is 5.92 Å². The third kappa shape index (κ3) is 5.67. The van der Waals surface area contributed by atoms with Crippen molar-refractivity contribution >= 4 is 17.7 Å². The average molecular weight is 393 g/mol. The molecule has 2 aromatic carbocycles. The average Bonchev–Trinajstić information content (AvgIpc) is 2.78. The predicted molar refractivity (Wildman–Crippen MR) is 111 cm³/mol. The van der Waals surface area contributed by atoms with E-state index in [1.165, 1.54) is 4.90 Å². The van der Waals surface area contributed by atoms with E-state index in [0.717, 1.165) is 5.56 Å². The molecule has 1 saturated heterocycles. The topological polar surface area (TPSA) is 69.7 Å². The molecule has 2 aromatic rings. The molecule has 6 nitrogen and oxygen atoms in total. The minimum atomic E-state index is -0.172. The fourth-order valence-electron chi connectivity index (χ4n) is 3.50. The lowest BCUT2D eigenvalue weighted by molar-refractivity contribution is -0.136. The van der Waals surface area contributed by atoms with Crippen molar-refractivity contribution in [3.63, 3.8) is 0 Å². The van der Waals surface area contributed by atoms with E-state index in [1.807, 2.05) is 36.4 Å². The Morgan fingerprint density at radius 2 is 1.55 bits per heavy atom. The number of likely N-dealkylation sites (N-methyl/N-ethyl adjacent to an activating group) is 1. The summed E-state index contributed by atoms with van der Waals surface area (Å²) in [5.41, 5.74) is 1.64. The molecule has 1 fully saturated rings. The van der Waals surface area contributed by atoms with Crippen molar-refractivity contribution in [3.05, 3.63) is 71.8 Å². The third-order valence-electron chi connectivity index (χ3n) is 5.27. The first-order valence-electron chi connectivity index (χ1n) is 9.94. The van der Waals surface area contributed by atoms with Crippen LogP contribution in [-0.4, -0.2) is 54.2 Å². The molecule has 1 heterocycles. The minimum absolute atomic E-state index is 0.0392. The third-order valence-corrected chi connectivity index (χ3v) is 5.27. The highest BCUT2D eigenvalue weighted by molar-refractivity contribution is 5.96. The van der Waals surface area contributed by atoms with Crippen LogP contribution in [0.4, 0.5) is 0 Å². The number of hydrogen-bond donors (Lipinski definition) is 1. The number of piperidine rings is 1. The highest BCUT2D eigenvalue weighted by atomic mass is 16.2. The van der Waals surface area contributed by atoms with E-state index in [0.29, 0.717) is 38.0 Å². The number of carbonyl (C=O) groups is 3. The summed E-state index contributed by atoms with van der Waals surface area (Å²) in [5, 5.41) is 2.98. The van der Waals surface area contributed by atoms with E-state index in [-0.39, 0.29) is 30.2 Å². The Morgan fingerprint density at radius 3 is 2.17 bits per heavy atom. The molecule has 0 atom stereocenters. The molecule has 1 aliphatic heterocycles. The van der Waals surface area contributed by atoms with E-state index >= 15 is 0 Å². The summed E-state index contributed by atoms with van der Waals surface area (Å²) in [6, 6.07) is 18.7. The second kappa shape index (κ2) is 9.87. The SMILES string of the molecule is CN(CC(=O)N1CCC(C(=O)NCc2ccccc2)CC1)C(=O)c1ccccc1. The van der Waals surface area contributed by atoms with Crippen LogP contribution >= 0.6 is 0 Å². The van der Waals surface area contributed by atoms with Gasteiger partial charge in [0.25, 0.3) is 5.91 Å². The molecule has 0 aromatic heterocycles. The van der Waals surface area contributed by atoms with E-state index in [4.69, 9.17) is 0 Å². The predicted octanol–water partition coefficient (Wildman–Crippen LogP) is 2.31. The molecular weight excluding hydrogens is 366 g/mol. The zero-order chi connectivity index (χ0) is 20.6. The number of hydrogen-bond acceptors (Lipinski definition) is 3. The highest BCUT2D eigenvalue weighted by Gasteiger charge is 2.28. The summed E-state index contributed by atoms with van der Waals surface area (Å²) < 4.78 is 0. The molecular formula is C23H27N3O3. The second-order valence-corrected chi connectivity index (χ2v) is 7.39. The van der Waals surface area contributed by atoms with Gasteiger partial charge in [0, 0.05) is 38.2 Å². The first-order chi connectivity index (χ1) is 14.0. The monoisotopic (exact) mass is 393 g/mol. The summed E-state index contributed by atoms with van der Waals surface area (Å²) in [7, 11) is 1.64. The normalized spacial score (nSPS) is 14.3. The summed E-state index contributed by atoms with van der Waals surface area (Å²) >= 11 is 0. The van der Waals surface area contributed by atoms with Gasteiger partial charge >= 0.3 is 0 Å². The standard InChI is InChI=1S/C23H27N3O3/c1-25(23(29)20-10-6-3-7-11-20)17-21(27)26-14-12-19(13-15-26)22(28)24-16-18-8-4-2-5-9-18/h2-11,19H,12-17H2,1H3,(H,24,28). The summed E-state index contributed by atoms with van der Waals surface area (Å²) in [6.45, 7) is 1.63. The van der Waals surface area contributed by atoms with Crippen LogP contribution in [0.25, 0.3) is 0 Å². The largest absolute Gasteiger partial charge is 0.352 e. The lowest BCUT2D eigenvalue weighted by atomic mass is 9.95. The number of amides is 3. The van der Waals surface area contributed by atoms with Crippen LogP contribution in [0.5, 0.6) is 0 Å². The molecule has 1 N–H and O–H groups in total. The van der Waals surface area contributed by atoms with Gasteiger partial charge < -0.3 is 15.1 Å². The molecule has 29 heavy (non-hydrogen) atoms. The van der Waals surface area contributed by atoms with Gasteiger partial charge in [0.15, 0.2) is 0 Å². The second-order valence-electron chi connectivity index (χ2n) is 7.39. The first kappa shape index (κ1) is 20.6. The van der Waals surface area contributed by atoms with E-state index in [2.05, 4.69) is 5.32 Å². The fraction of sp³-hybridized carbons (Fsp3) is 0.348. The molecule has 3 rings (SSSR count). The van der Waals surface area contributed by atoms with E-state index in [1.54, 1.807) is 36.2 Å². The van der Waals surface area contributed by atoms with Crippen LogP contribution in [-0.2, 0) is 16.1 Å². The molecule has 0 spiro atoms. The molecule has 0 aliphatic carbocycles. The van der Waals surface area contributed by atoms with Gasteiger partial charge in [-0.1, -0.05) is 48.5 Å². The molecule has 0 saturated carbocycles. The Kier molecular flexibility index (Phi) is 7.00. The zero-order valence-electron chi connectivity index (χ0n) is 16.7. The molecule has 0 unspecified atom stereocenters. The highest BCUT2D eigenvalue weighted by Crippen LogP contribution is 2.18. The number of likely N-dealkylation sites (tertiary alicyclic amines) is 1. The first-order valence-corrected chi connectivity index (χ1v) is 9.94. The van der Waals surface area contributed by atoms with Gasteiger partial charge in [0.05, 0.1) is 6.54 Å². The molecule has 152 valence electrons. The van der Waals surface area contributed by atoms with Gasteiger partial charge in [-0.3, -0.25) is 14.4 Å². The molecule has 3 amide bonds. The molecule has 1 aliphatic rings. The van der Waals surface area contributed by atoms with Crippen molar-refractivity contribution in [2.75, 3.05) is 26.7 Å².